The van der Waals surface area contributed by atoms with Gasteiger partial charge in [0.25, 0.3) is 0 Å². The Kier molecular flexibility index (Phi) is 21.2. The molecule has 13 heteroatoms. The Morgan fingerprint density at radius 3 is 2.02 bits per heavy atom. The number of nitrogens with zero attached hydrogens (tertiary/aromatic N) is 1. The Labute approximate surface area is 359 Å². The molecular formula is C47H65N3O9S. The SMILES string of the molecule is CC1CC1.COC1OCC(OC(=O)NC(Cc2ccc(OCOCc3ccccc3)cc2)C(O)CN(CC(C)N)S(=O)c2ccc(C)cc2)C1C.COCc1ccccc1. The van der Waals surface area contributed by atoms with Crippen LogP contribution in [0, 0.1) is 18.8 Å². The van der Waals surface area contributed by atoms with Gasteiger partial charge in [0.05, 0.1) is 36.9 Å². The van der Waals surface area contributed by atoms with Gasteiger partial charge >= 0.3 is 6.09 Å². The summed E-state index contributed by atoms with van der Waals surface area (Å²) in [5.41, 5.74) is 10.3. The number of nitrogens with one attached hydrogen (secondary N) is 1. The monoisotopic (exact) mass is 847 g/mol. The fourth-order valence-electron chi connectivity index (χ4n) is 6.10. The van der Waals surface area contributed by atoms with Crippen LogP contribution < -0.4 is 15.8 Å². The minimum Gasteiger partial charge on any atom is -0.468 e. The van der Waals surface area contributed by atoms with Crippen molar-refractivity contribution in [3.05, 3.63) is 131 Å². The topological polar surface area (TPSA) is 151 Å². The Morgan fingerprint density at radius 2 is 1.48 bits per heavy atom. The lowest BCUT2D eigenvalue weighted by molar-refractivity contribution is -0.107. The molecule has 7 unspecified atom stereocenters. The van der Waals surface area contributed by atoms with Gasteiger partial charge in [-0.1, -0.05) is 117 Å². The van der Waals surface area contributed by atoms with Crippen LogP contribution in [0.1, 0.15) is 55.9 Å². The van der Waals surface area contributed by atoms with E-state index < -0.39 is 41.6 Å². The highest BCUT2D eigenvalue weighted by atomic mass is 32.2. The average Bonchev–Trinajstić information content (AvgIpc) is 3.96. The molecule has 2 aliphatic rings. The van der Waals surface area contributed by atoms with Gasteiger partial charge in [0.15, 0.2) is 13.1 Å². The quantitative estimate of drug-likeness (QED) is 0.0655. The van der Waals surface area contributed by atoms with Crippen molar-refractivity contribution >= 4 is 17.1 Å². The summed E-state index contributed by atoms with van der Waals surface area (Å²) in [6.07, 6.45) is 0.438. The van der Waals surface area contributed by atoms with Crippen molar-refractivity contribution in [3.8, 4) is 5.75 Å². The fraction of sp³-hybridized carbons (Fsp3) is 0.468. The van der Waals surface area contributed by atoms with Gasteiger partial charge in [-0.25, -0.2) is 13.3 Å². The number of carbonyl (C=O) groups excluding carboxylic acids is 1. The average molecular weight is 848 g/mol. The highest BCUT2D eigenvalue weighted by Crippen LogP contribution is 2.27. The Balaban J connectivity index is 0.000000516. The minimum absolute atomic E-state index is 0.0123. The van der Waals surface area contributed by atoms with E-state index in [1.165, 1.54) is 18.4 Å². The second kappa shape index (κ2) is 26.2. The second-order valence-corrected chi connectivity index (χ2v) is 17.0. The molecule has 328 valence electrons. The lowest BCUT2D eigenvalue weighted by atomic mass is 10.0. The molecule has 0 bridgehead atoms. The van der Waals surface area contributed by atoms with Crippen LogP contribution in [-0.2, 0) is 54.3 Å². The van der Waals surface area contributed by atoms with Crippen LogP contribution in [0.25, 0.3) is 0 Å². The van der Waals surface area contributed by atoms with Crippen LogP contribution >= 0.6 is 0 Å². The van der Waals surface area contributed by atoms with Crippen LogP contribution in [0.15, 0.2) is 114 Å². The Morgan fingerprint density at radius 1 is 0.883 bits per heavy atom. The summed E-state index contributed by atoms with van der Waals surface area (Å²) < 4.78 is 48.0. The van der Waals surface area contributed by atoms with E-state index in [2.05, 4.69) is 12.2 Å². The molecule has 4 aromatic carbocycles. The molecular weight excluding hydrogens is 783 g/mol. The number of amides is 1. The zero-order valence-corrected chi connectivity index (χ0v) is 36.8. The summed E-state index contributed by atoms with van der Waals surface area (Å²) in [5, 5.41) is 14.4. The van der Waals surface area contributed by atoms with E-state index in [1.54, 1.807) is 42.8 Å². The predicted molar refractivity (Wildman–Crippen MR) is 234 cm³/mol. The van der Waals surface area contributed by atoms with Crippen LogP contribution in [0.4, 0.5) is 4.79 Å². The molecule has 0 spiro atoms. The summed E-state index contributed by atoms with van der Waals surface area (Å²) >= 11 is 0. The maximum atomic E-state index is 13.6. The van der Waals surface area contributed by atoms with E-state index in [1.807, 2.05) is 106 Å². The number of rotatable bonds is 19. The summed E-state index contributed by atoms with van der Waals surface area (Å²) in [4.78, 5) is 13.7. The lowest BCUT2D eigenvalue weighted by Gasteiger charge is -2.30. The molecule has 6 rings (SSSR count). The maximum absolute atomic E-state index is 13.6. The Hall–Kier alpha value is -4.18. The number of ether oxygens (including phenoxy) is 6. The summed E-state index contributed by atoms with van der Waals surface area (Å²) in [5.74, 6) is 1.53. The lowest BCUT2D eigenvalue weighted by Crippen LogP contribution is -2.51. The molecule has 1 heterocycles. The number of aliphatic hydroxyl groups is 1. The number of nitrogens with two attached hydrogens (primary N) is 1. The van der Waals surface area contributed by atoms with Crippen molar-refractivity contribution < 1.29 is 42.5 Å². The zero-order valence-electron chi connectivity index (χ0n) is 35.9. The van der Waals surface area contributed by atoms with E-state index in [4.69, 9.17) is 34.2 Å². The standard InChI is InChI=1S/C35H47N3O8S.C8H10O.C4H8/c1-24-10-16-30(17-11-24)47(41)38(19-25(2)36)20-32(39)31(37-35(40)46-33-22-44-34(42-4)26(33)3)18-27-12-14-29(15-13-27)45-23-43-21-28-8-6-5-7-9-28;1-9-7-8-5-3-2-4-6-8;1-4-2-3-4/h5-17,25-26,31-34,39H,18-23,36H2,1-4H3,(H,37,40);2-6H,7H2,1H3;4H,2-3H2,1H3. The van der Waals surface area contributed by atoms with Gasteiger partial charge in [0.1, 0.15) is 22.8 Å². The number of alkyl carbamates (subject to hydrolysis) is 1. The van der Waals surface area contributed by atoms with Gasteiger partial charge in [0.2, 0.25) is 0 Å². The zero-order chi connectivity index (χ0) is 43.3. The number of hydrogen-bond donors (Lipinski definition) is 3. The number of carbonyl (C=O) groups is 1. The van der Waals surface area contributed by atoms with Crippen molar-refractivity contribution in [2.45, 2.75) is 95.6 Å². The highest BCUT2D eigenvalue weighted by Gasteiger charge is 2.37. The molecule has 1 aliphatic heterocycles. The van der Waals surface area contributed by atoms with Gasteiger partial charge in [-0.15, -0.1) is 0 Å². The minimum atomic E-state index is -1.59. The van der Waals surface area contributed by atoms with Crippen molar-refractivity contribution in [1.29, 1.82) is 0 Å². The maximum Gasteiger partial charge on any atom is 0.407 e. The van der Waals surface area contributed by atoms with Crippen LogP contribution in [0.3, 0.4) is 0 Å². The van der Waals surface area contributed by atoms with E-state index in [-0.39, 0.29) is 44.9 Å². The normalized spacial score (nSPS) is 19.1. The van der Waals surface area contributed by atoms with Gasteiger partial charge < -0.3 is 44.6 Å². The summed E-state index contributed by atoms with van der Waals surface area (Å²) in [6, 6.07) is 33.5. The first kappa shape index (κ1) is 48.5. The second-order valence-electron chi connectivity index (χ2n) is 15.5. The van der Waals surface area contributed by atoms with Gasteiger partial charge in [-0.3, -0.25) is 0 Å². The van der Waals surface area contributed by atoms with Crippen molar-refractivity contribution in [2.24, 2.45) is 17.6 Å². The van der Waals surface area contributed by atoms with Crippen molar-refractivity contribution in [2.75, 3.05) is 40.7 Å². The molecule has 7 atom stereocenters. The van der Waals surface area contributed by atoms with Gasteiger partial charge in [0, 0.05) is 39.3 Å². The molecule has 4 N–H and O–H groups in total. The first-order valence-electron chi connectivity index (χ1n) is 20.6. The number of hydrogen-bond acceptors (Lipinski definition) is 10. The first-order chi connectivity index (χ1) is 28.9. The molecule has 60 heavy (non-hydrogen) atoms. The van der Waals surface area contributed by atoms with E-state index in [0.717, 1.165) is 22.6 Å². The van der Waals surface area contributed by atoms with Crippen molar-refractivity contribution in [1.82, 2.24) is 9.62 Å². The molecule has 1 saturated carbocycles. The highest BCUT2D eigenvalue weighted by molar-refractivity contribution is 7.82. The predicted octanol–water partition coefficient (Wildman–Crippen LogP) is 7.18. The first-order valence-corrected chi connectivity index (χ1v) is 21.7. The molecule has 1 saturated heterocycles. The van der Waals surface area contributed by atoms with Crippen LogP contribution in [0.5, 0.6) is 5.75 Å². The number of benzene rings is 4. The smallest absolute Gasteiger partial charge is 0.407 e. The molecule has 1 amide bonds. The summed E-state index contributed by atoms with van der Waals surface area (Å²) in [6.45, 7) is 9.62. The third-order valence-corrected chi connectivity index (χ3v) is 11.3. The molecule has 1 aliphatic carbocycles. The van der Waals surface area contributed by atoms with E-state index in [0.29, 0.717) is 23.9 Å². The largest absolute Gasteiger partial charge is 0.468 e. The molecule has 12 nitrogen and oxygen atoms in total. The fourth-order valence-corrected chi connectivity index (χ4v) is 7.42. The Bertz CT molecular complexity index is 1800. The van der Waals surface area contributed by atoms with E-state index >= 15 is 0 Å². The molecule has 0 aromatic heterocycles. The molecule has 0 radical (unpaired) electrons. The van der Waals surface area contributed by atoms with Crippen LogP contribution in [-0.4, -0.2) is 91.0 Å². The third kappa shape index (κ3) is 17.8. The summed E-state index contributed by atoms with van der Waals surface area (Å²) in [7, 11) is 1.65. The molecule has 4 aromatic rings. The number of aryl methyl sites for hydroxylation is 1. The number of aliphatic hydroxyl groups excluding tert-OH is 1. The van der Waals surface area contributed by atoms with Crippen LogP contribution in [0.2, 0.25) is 0 Å². The van der Waals surface area contributed by atoms with Gasteiger partial charge in [-0.2, -0.15) is 0 Å². The third-order valence-electron chi connectivity index (χ3n) is 9.86. The van der Waals surface area contributed by atoms with Crippen molar-refractivity contribution in [3.63, 3.8) is 0 Å². The van der Waals surface area contributed by atoms with E-state index in [9.17, 15) is 14.1 Å². The van der Waals surface area contributed by atoms with Gasteiger partial charge in [-0.05, 0) is 67.1 Å². The number of methoxy groups -OCH3 is 2. The molecule has 2 fully saturated rings.